The lowest BCUT2D eigenvalue weighted by Gasteiger charge is -2.34. The van der Waals surface area contributed by atoms with Gasteiger partial charge in [0.15, 0.2) is 0 Å². The Morgan fingerprint density at radius 1 is 1.00 bits per heavy atom. The maximum Gasteiger partial charge on any atom is 0.321 e. The predicted molar refractivity (Wildman–Crippen MR) is 91.4 cm³/mol. The molecule has 0 aliphatic carbocycles. The number of pyridine rings is 1. The van der Waals surface area contributed by atoms with Crippen LogP contribution in [0, 0.1) is 0 Å². The van der Waals surface area contributed by atoms with E-state index in [9.17, 15) is 4.79 Å². The first-order valence-electron chi connectivity index (χ1n) is 8.03. The van der Waals surface area contributed by atoms with Crippen LogP contribution in [0.1, 0.15) is 5.56 Å². The van der Waals surface area contributed by atoms with E-state index in [0.717, 1.165) is 44.8 Å². The van der Waals surface area contributed by atoms with E-state index >= 15 is 0 Å². The average Bonchev–Trinajstić information content (AvgIpc) is 2.62. The van der Waals surface area contributed by atoms with Crippen molar-refractivity contribution in [3.8, 4) is 0 Å². The summed E-state index contributed by atoms with van der Waals surface area (Å²) < 4.78 is 0. The van der Waals surface area contributed by atoms with Crippen LogP contribution in [0.5, 0.6) is 0 Å². The summed E-state index contributed by atoms with van der Waals surface area (Å²) in [7, 11) is 0. The second-order valence-corrected chi connectivity index (χ2v) is 5.73. The predicted octanol–water partition coefficient (Wildman–Crippen LogP) is 2.47. The maximum absolute atomic E-state index is 12.2. The molecule has 1 fully saturated rings. The summed E-state index contributed by atoms with van der Waals surface area (Å²) in [6.07, 6.45) is 4.70. The quantitative estimate of drug-likeness (QED) is 0.944. The van der Waals surface area contributed by atoms with E-state index in [2.05, 4.69) is 27.3 Å². The number of nitrogens with one attached hydrogen (secondary N) is 1. The topological polar surface area (TPSA) is 48.5 Å². The van der Waals surface area contributed by atoms with Crippen LogP contribution >= 0.6 is 0 Å². The lowest BCUT2D eigenvalue weighted by atomic mass is 10.2. The van der Waals surface area contributed by atoms with Gasteiger partial charge in [0.2, 0.25) is 0 Å². The average molecular weight is 310 g/mol. The summed E-state index contributed by atoms with van der Waals surface area (Å²) in [4.78, 5) is 20.6. The molecule has 0 radical (unpaired) electrons. The van der Waals surface area contributed by atoms with Gasteiger partial charge < -0.3 is 10.2 Å². The number of rotatable bonds is 4. The van der Waals surface area contributed by atoms with Crippen molar-refractivity contribution in [1.82, 2.24) is 14.8 Å². The van der Waals surface area contributed by atoms with Gasteiger partial charge in [-0.25, -0.2) is 4.79 Å². The Morgan fingerprint density at radius 2 is 1.70 bits per heavy atom. The molecule has 1 aromatic carbocycles. The fraction of sp³-hybridized carbons (Fsp3) is 0.333. The fourth-order valence-corrected chi connectivity index (χ4v) is 2.74. The van der Waals surface area contributed by atoms with Gasteiger partial charge in [-0.2, -0.15) is 0 Å². The Hall–Kier alpha value is -2.40. The Balaban J connectivity index is 1.42. The number of piperazine rings is 1. The normalized spacial score (nSPS) is 15.4. The van der Waals surface area contributed by atoms with Crippen LogP contribution < -0.4 is 5.32 Å². The number of urea groups is 1. The third kappa shape index (κ3) is 4.53. The van der Waals surface area contributed by atoms with Gasteiger partial charge in [-0.3, -0.25) is 9.88 Å². The number of carbonyl (C=O) groups is 1. The first kappa shape index (κ1) is 15.5. The van der Waals surface area contributed by atoms with Gasteiger partial charge in [-0.15, -0.1) is 0 Å². The van der Waals surface area contributed by atoms with Crippen molar-refractivity contribution < 1.29 is 4.79 Å². The molecule has 5 nitrogen and oxygen atoms in total. The van der Waals surface area contributed by atoms with Gasteiger partial charge in [0.05, 0.1) is 0 Å². The highest BCUT2D eigenvalue weighted by Gasteiger charge is 2.20. The zero-order valence-electron chi connectivity index (χ0n) is 13.2. The summed E-state index contributed by atoms with van der Waals surface area (Å²) in [6.45, 7) is 4.42. The van der Waals surface area contributed by atoms with Crippen molar-refractivity contribution >= 4 is 11.7 Å². The van der Waals surface area contributed by atoms with E-state index in [-0.39, 0.29) is 6.03 Å². The molecule has 1 aliphatic heterocycles. The van der Waals surface area contributed by atoms with E-state index < -0.39 is 0 Å². The number of anilines is 1. The molecule has 0 spiro atoms. The van der Waals surface area contributed by atoms with Gasteiger partial charge in [0.25, 0.3) is 0 Å². The van der Waals surface area contributed by atoms with Crippen LogP contribution in [0.15, 0.2) is 54.9 Å². The molecule has 1 saturated heterocycles. The molecule has 2 heterocycles. The number of hydrogen-bond acceptors (Lipinski definition) is 3. The summed E-state index contributed by atoms with van der Waals surface area (Å²) in [5, 5.41) is 2.95. The minimum Gasteiger partial charge on any atom is -0.322 e. The highest BCUT2D eigenvalue weighted by atomic mass is 16.2. The second kappa shape index (κ2) is 7.74. The molecule has 0 saturated carbocycles. The number of nitrogens with zero attached hydrogens (tertiary/aromatic N) is 3. The molecule has 1 aliphatic rings. The Kier molecular flexibility index (Phi) is 5.21. The smallest absolute Gasteiger partial charge is 0.321 e. The standard InChI is InChI=1S/C18H22N4O/c23-18(20-17-4-2-1-3-5-17)22-14-12-21(13-15-22)11-8-16-6-9-19-10-7-16/h1-7,9-10H,8,11-15H2,(H,20,23). The van der Waals surface area contributed by atoms with Crippen molar-refractivity contribution in [1.29, 1.82) is 0 Å². The number of carbonyl (C=O) groups excluding carboxylic acids is 1. The summed E-state index contributed by atoms with van der Waals surface area (Å²) in [6, 6.07) is 13.7. The Morgan fingerprint density at radius 3 is 2.39 bits per heavy atom. The van der Waals surface area contributed by atoms with Gasteiger partial charge >= 0.3 is 6.03 Å². The van der Waals surface area contributed by atoms with E-state index in [0.29, 0.717) is 0 Å². The van der Waals surface area contributed by atoms with Crippen molar-refractivity contribution in [3.63, 3.8) is 0 Å². The molecule has 1 N–H and O–H groups in total. The summed E-state index contributed by atoms with van der Waals surface area (Å²) in [5.41, 5.74) is 2.15. The van der Waals surface area contributed by atoms with E-state index in [1.165, 1.54) is 5.56 Å². The van der Waals surface area contributed by atoms with Crippen LogP contribution in [0.3, 0.4) is 0 Å². The van der Waals surface area contributed by atoms with Crippen molar-refractivity contribution in [3.05, 3.63) is 60.4 Å². The number of hydrogen-bond donors (Lipinski definition) is 1. The van der Waals surface area contributed by atoms with Crippen LogP contribution in [0.4, 0.5) is 10.5 Å². The number of amides is 2. The zero-order chi connectivity index (χ0) is 15.9. The van der Waals surface area contributed by atoms with Crippen molar-refractivity contribution in [2.75, 3.05) is 38.0 Å². The van der Waals surface area contributed by atoms with Crippen LogP contribution in [-0.4, -0.2) is 53.5 Å². The van der Waals surface area contributed by atoms with E-state index in [4.69, 9.17) is 0 Å². The van der Waals surface area contributed by atoms with Crippen LogP contribution in [0.2, 0.25) is 0 Å². The van der Waals surface area contributed by atoms with Gasteiger partial charge in [0.1, 0.15) is 0 Å². The van der Waals surface area contributed by atoms with Crippen molar-refractivity contribution in [2.45, 2.75) is 6.42 Å². The molecular weight excluding hydrogens is 288 g/mol. The summed E-state index contributed by atoms with van der Waals surface area (Å²) in [5.74, 6) is 0. The monoisotopic (exact) mass is 310 g/mol. The second-order valence-electron chi connectivity index (χ2n) is 5.73. The Bertz CT molecular complexity index is 609. The maximum atomic E-state index is 12.2. The minimum atomic E-state index is -0.00927. The van der Waals surface area contributed by atoms with E-state index in [1.54, 1.807) is 0 Å². The molecule has 3 rings (SSSR count). The molecule has 2 amide bonds. The molecule has 0 unspecified atom stereocenters. The number of para-hydroxylation sites is 1. The lowest BCUT2D eigenvalue weighted by Crippen LogP contribution is -2.50. The minimum absolute atomic E-state index is 0.00927. The molecule has 0 atom stereocenters. The summed E-state index contributed by atoms with van der Waals surface area (Å²) >= 11 is 0. The van der Waals surface area contributed by atoms with E-state index in [1.807, 2.05) is 47.6 Å². The van der Waals surface area contributed by atoms with Gasteiger partial charge in [0, 0.05) is 50.8 Å². The highest BCUT2D eigenvalue weighted by molar-refractivity contribution is 5.89. The highest BCUT2D eigenvalue weighted by Crippen LogP contribution is 2.09. The van der Waals surface area contributed by atoms with Crippen molar-refractivity contribution in [2.24, 2.45) is 0 Å². The molecule has 120 valence electrons. The SMILES string of the molecule is O=C(Nc1ccccc1)N1CCN(CCc2ccncc2)CC1. The molecular formula is C18H22N4O. The third-order valence-electron chi connectivity index (χ3n) is 4.15. The molecule has 23 heavy (non-hydrogen) atoms. The number of benzene rings is 1. The van der Waals surface area contributed by atoms with Gasteiger partial charge in [-0.1, -0.05) is 18.2 Å². The first-order chi connectivity index (χ1) is 11.3. The zero-order valence-corrected chi connectivity index (χ0v) is 13.2. The Labute approximate surface area is 136 Å². The fourth-order valence-electron chi connectivity index (χ4n) is 2.74. The lowest BCUT2D eigenvalue weighted by molar-refractivity contribution is 0.148. The molecule has 0 bridgehead atoms. The molecule has 5 heteroatoms. The molecule has 1 aromatic heterocycles. The molecule has 2 aromatic rings. The number of aromatic nitrogens is 1. The van der Waals surface area contributed by atoms with Gasteiger partial charge in [-0.05, 0) is 36.2 Å². The third-order valence-corrected chi connectivity index (χ3v) is 4.15. The largest absolute Gasteiger partial charge is 0.322 e. The van der Waals surface area contributed by atoms with Crippen LogP contribution in [0.25, 0.3) is 0 Å². The van der Waals surface area contributed by atoms with Crippen LogP contribution in [-0.2, 0) is 6.42 Å². The first-order valence-corrected chi connectivity index (χ1v) is 8.03.